The Labute approximate surface area is 204 Å². The van der Waals surface area contributed by atoms with Gasteiger partial charge in [0.25, 0.3) is 0 Å². The van der Waals surface area contributed by atoms with Gasteiger partial charge in [-0.3, -0.25) is 9.88 Å². The maximum absolute atomic E-state index is 11.5. The number of anilines is 2. The van der Waals surface area contributed by atoms with Gasteiger partial charge in [0.1, 0.15) is 11.6 Å². The lowest BCUT2D eigenvalue weighted by atomic mass is 10.1. The highest BCUT2D eigenvalue weighted by Crippen LogP contribution is 2.42. The van der Waals surface area contributed by atoms with E-state index >= 15 is 0 Å². The van der Waals surface area contributed by atoms with E-state index in [9.17, 15) is 10.1 Å². The fourth-order valence-electron chi connectivity index (χ4n) is 4.44. The smallest absolute Gasteiger partial charge is 0.314 e. The van der Waals surface area contributed by atoms with Crippen LogP contribution in [0.25, 0.3) is 11.3 Å². The van der Waals surface area contributed by atoms with Crippen molar-refractivity contribution in [2.75, 3.05) is 31.5 Å². The van der Waals surface area contributed by atoms with Crippen LogP contribution in [0.4, 0.5) is 16.4 Å². The molecule has 1 saturated heterocycles. The molecular formula is C26H28N8O. The summed E-state index contributed by atoms with van der Waals surface area (Å²) in [5.41, 5.74) is 10.2. The van der Waals surface area contributed by atoms with Crippen LogP contribution in [-0.2, 0) is 6.54 Å². The first kappa shape index (κ1) is 22.7. The Morgan fingerprint density at radius 2 is 2.00 bits per heavy atom. The highest BCUT2D eigenvalue weighted by Gasteiger charge is 2.25. The van der Waals surface area contributed by atoms with Crippen molar-refractivity contribution in [3.63, 3.8) is 0 Å². The maximum atomic E-state index is 11.5. The molecule has 0 bridgehead atoms. The van der Waals surface area contributed by atoms with Crippen molar-refractivity contribution < 1.29 is 4.79 Å². The molecule has 1 aliphatic carbocycles. The molecule has 1 saturated carbocycles. The van der Waals surface area contributed by atoms with Gasteiger partial charge in [-0.2, -0.15) is 5.26 Å². The Balaban J connectivity index is 1.37. The molecule has 4 heterocycles. The van der Waals surface area contributed by atoms with Gasteiger partial charge in [0, 0.05) is 56.9 Å². The van der Waals surface area contributed by atoms with Crippen molar-refractivity contribution in [3.05, 3.63) is 65.6 Å². The van der Waals surface area contributed by atoms with Crippen LogP contribution in [-0.4, -0.2) is 57.0 Å². The number of nitriles is 1. The van der Waals surface area contributed by atoms with Crippen molar-refractivity contribution in [2.24, 2.45) is 5.73 Å². The molecule has 2 amide bonds. The third-order valence-electron chi connectivity index (χ3n) is 6.44. The van der Waals surface area contributed by atoms with Crippen LogP contribution in [0.5, 0.6) is 0 Å². The Hall–Kier alpha value is -4.03. The minimum Gasteiger partial charge on any atom is -0.351 e. The minimum atomic E-state index is -0.351. The zero-order chi connectivity index (χ0) is 24.2. The summed E-state index contributed by atoms with van der Waals surface area (Å²) in [4.78, 5) is 29.2. The molecule has 0 spiro atoms. The zero-order valence-electron chi connectivity index (χ0n) is 19.5. The first-order valence-electron chi connectivity index (χ1n) is 11.9. The number of carbonyl (C=O) groups excluding carboxylic acids is 1. The van der Waals surface area contributed by atoms with Crippen LogP contribution < -0.4 is 11.1 Å². The van der Waals surface area contributed by atoms with Gasteiger partial charge in [-0.15, -0.1) is 0 Å². The predicted octanol–water partition coefficient (Wildman–Crippen LogP) is 3.62. The number of aromatic nitrogens is 3. The molecule has 3 aromatic rings. The van der Waals surface area contributed by atoms with Crippen molar-refractivity contribution in [3.8, 4) is 17.3 Å². The van der Waals surface area contributed by atoms with E-state index in [4.69, 9.17) is 10.7 Å². The van der Waals surface area contributed by atoms with Crippen LogP contribution >= 0.6 is 0 Å². The number of nitrogens with one attached hydrogen (secondary N) is 1. The van der Waals surface area contributed by atoms with E-state index in [1.165, 1.54) is 18.4 Å². The van der Waals surface area contributed by atoms with Crippen LogP contribution in [0.3, 0.4) is 0 Å². The summed E-state index contributed by atoms with van der Waals surface area (Å²) in [6.07, 6.45) is 8.61. The number of pyridine rings is 3. The average Bonchev–Trinajstić information content (AvgIpc) is 3.72. The Kier molecular flexibility index (Phi) is 6.55. The second-order valence-corrected chi connectivity index (χ2v) is 9.15. The topological polar surface area (TPSA) is 124 Å². The van der Waals surface area contributed by atoms with Crippen molar-refractivity contribution in [1.82, 2.24) is 24.8 Å². The summed E-state index contributed by atoms with van der Waals surface area (Å²) in [7, 11) is 0. The Morgan fingerprint density at radius 3 is 2.80 bits per heavy atom. The predicted molar refractivity (Wildman–Crippen MR) is 133 cm³/mol. The van der Waals surface area contributed by atoms with Gasteiger partial charge in [0.2, 0.25) is 0 Å². The highest BCUT2D eigenvalue weighted by atomic mass is 16.2. The molecule has 0 radical (unpaired) electrons. The van der Waals surface area contributed by atoms with Gasteiger partial charge in [-0.05, 0) is 66.6 Å². The summed E-state index contributed by atoms with van der Waals surface area (Å²) in [5.74, 6) is 1.85. The van der Waals surface area contributed by atoms with Crippen molar-refractivity contribution in [2.45, 2.75) is 31.7 Å². The van der Waals surface area contributed by atoms with Crippen LogP contribution in [0, 0.1) is 11.3 Å². The van der Waals surface area contributed by atoms with Crippen LogP contribution in [0.15, 0.2) is 48.9 Å². The van der Waals surface area contributed by atoms with Gasteiger partial charge in [0.15, 0.2) is 0 Å². The number of nitrogens with two attached hydrogens (primary N) is 1. The van der Waals surface area contributed by atoms with Gasteiger partial charge < -0.3 is 16.0 Å². The van der Waals surface area contributed by atoms with Crippen molar-refractivity contribution in [1.29, 1.82) is 5.26 Å². The number of primary amides is 1. The number of amides is 2. The lowest BCUT2D eigenvalue weighted by molar-refractivity contribution is 0.207. The molecule has 5 rings (SSSR count). The molecule has 35 heavy (non-hydrogen) atoms. The first-order valence-corrected chi connectivity index (χ1v) is 11.9. The number of carbonyl (C=O) groups is 1. The van der Waals surface area contributed by atoms with E-state index in [0.29, 0.717) is 36.2 Å². The highest BCUT2D eigenvalue weighted by molar-refractivity contribution is 5.72. The zero-order valence-corrected chi connectivity index (χ0v) is 19.5. The number of rotatable bonds is 6. The molecule has 3 aromatic heterocycles. The third-order valence-corrected chi connectivity index (χ3v) is 6.44. The fraction of sp³-hybridized carbons (Fsp3) is 0.346. The summed E-state index contributed by atoms with van der Waals surface area (Å²) in [5, 5.41) is 12.5. The van der Waals surface area contributed by atoms with Crippen LogP contribution in [0.1, 0.15) is 41.9 Å². The van der Waals surface area contributed by atoms with E-state index < -0.39 is 0 Å². The maximum Gasteiger partial charge on any atom is 0.314 e. The third kappa shape index (κ3) is 5.73. The van der Waals surface area contributed by atoms with E-state index in [1.54, 1.807) is 23.2 Å². The summed E-state index contributed by atoms with van der Waals surface area (Å²) in [6, 6.07) is 11.5. The number of hydrogen-bond acceptors (Lipinski definition) is 7. The molecule has 0 aromatic carbocycles. The molecular weight excluding hydrogens is 440 g/mol. The summed E-state index contributed by atoms with van der Waals surface area (Å²) >= 11 is 0. The van der Waals surface area contributed by atoms with E-state index in [-0.39, 0.29) is 6.03 Å². The van der Waals surface area contributed by atoms with E-state index in [2.05, 4.69) is 44.5 Å². The molecule has 1 aliphatic heterocycles. The Bertz CT molecular complexity index is 1270. The van der Waals surface area contributed by atoms with Gasteiger partial charge in [-0.1, -0.05) is 0 Å². The lowest BCUT2D eigenvalue weighted by Gasteiger charge is -2.21. The van der Waals surface area contributed by atoms with E-state index in [1.807, 2.05) is 12.4 Å². The quantitative estimate of drug-likeness (QED) is 0.566. The monoisotopic (exact) mass is 468 g/mol. The normalized spacial score (nSPS) is 16.4. The molecule has 178 valence electrons. The molecule has 0 unspecified atom stereocenters. The molecule has 2 fully saturated rings. The standard InChI is InChI=1S/C26H28N8O/c27-14-18-4-5-30-24(11-18)32-25-13-21(20-2-3-20)12-23(31-25)22-10-19(15-29-16-22)17-33-6-1-7-34(9-8-33)26(28)35/h4-5,10-13,15-16,20H,1-3,6-9,17H2,(H2,28,35)(H,30,31,32). The first-order chi connectivity index (χ1) is 17.1. The summed E-state index contributed by atoms with van der Waals surface area (Å²) < 4.78 is 0. The molecule has 3 N–H and O–H groups in total. The molecule has 2 aliphatic rings. The molecule has 9 nitrogen and oxygen atoms in total. The second kappa shape index (κ2) is 10.1. The lowest BCUT2D eigenvalue weighted by Crippen LogP contribution is -2.38. The van der Waals surface area contributed by atoms with E-state index in [0.717, 1.165) is 42.9 Å². The SMILES string of the molecule is N#Cc1ccnc(Nc2cc(C3CC3)cc(-c3cncc(CN4CCCN(C(N)=O)CC4)c3)n2)c1. The summed E-state index contributed by atoms with van der Waals surface area (Å²) in [6.45, 7) is 3.79. The van der Waals surface area contributed by atoms with Gasteiger partial charge in [0.05, 0.1) is 17.3 Å². The van der Waals surface area contributed by atoms with Gasteiger partial charge >= 0.3 is 6.03 Å². The number of nitrogens with zero attached hydrogens (tertiary/aromatic N) is 6. The fourth-order valence-corrected chi connectivity index (χ4v) is 4.44. The minimum absolute atomic E-state index is 0.351. The molecule has 9 heteroatoms. The average molecular weight is 469 g/mol. The molecule has 0 atom stereocenters. The second-order valence-electron chi connectivity index (χ2n) is 9.15. The van der Waals surface area contributed by atoms with Gasteiger partial charge in [-0.25, -0.2) is 14.8 Å². The van der Waals surface area contributed by atoms with Crippen molar-refractivity contribution >= 4 is 17.7 Å². The largest absolute Gasteiger partial charge is 0.351 e. The number of urea groups is 1. The van der Waals surface area contributed by atoms with Crippen LogP contribution in [0.2, 0.25) is 0 Å². The number of hydrogen-bond donors (Lipinski definition) is 2. The Morgan fingerprint density at radius 1 is 1.11 bits per heavy atom.